The molecule has 3 aliphatic rings. The summed E-state index contributed by atoms with van der Waals surface area (Å²) in [7, 11) is 0.583. The number of hydrogen-bond acceptors (Lipinski definition) is 2. The van der Waals surface area contributed by atoms with E-state index in [4.69, 9.17) is 4.74 Å². The van der Waals surface area contributed by atoms with Gasteiger partial charge in [-0.25, -0.2) is 0 Å². The Balaban J connectivity index is 1.83. The fourth-order valence-electron chi connectivity index (χ4n) is 5.23. The van der Waals surface area contributed by atoms with Crippen LogP contribution in [0, 0.1) is 17.8 Å². The number of benzene rings is 1. The summed E-state index contributed by atoms with van der Waals surface area (Å²) in [5.41, 5.74) is 2.97. The maximum atomic E-state index is 5.55. The molecule has 128 valence electrons. The highest BCUT2D eigenvalue weighted by Gasteiger charge is 2.54. The third kappa shape index (κ3) is 2.36. The Morgan fingerprint density at radius 2 is 1.79 bits per heavy atom. The highest BCUT2D eigenvalue weighted by atomic mass is 28.3. The molecule has 24 heavy (non-hydrogen) atoms. The van der Waals surface area contributed by atoms with Crippen LogP contribution in [0.1, 0.15) is 18.4 Å². The van der Waals surface area contributed by atoms with Crippen molar-refractivity contribution < 1.29 is 4.74 Å². The van der Waals surface area contributed by atoms with Gasteiger partial charge in [0.25, 0.3) is 0 Å². The summed E-state index contributed by atoms with van der Waals surface area (Å²) in [6, 6.07) is 7.37. The van der Waals surface area contributed by atoms with Crippen molar-refractivity contribution in [3.05, 3.63) is 48.1 Å². The average molecular weight is 340 g/mol. The lowest BCUT2D eigenvalue weighted by molar-refractivity contribution is 0.412. The Morgan fingerprint density at radius 1 is 1.08 bits per heavy atom. The fourth-order valence-corrected chi connectivity index (χ4v) is 6.63. The molecule has 5 atom stereocenters. The van der Waals surface area contributed by atoms with Gasteiger partial charge in [0.1, 0.15) is 5.75 Å². The molecule has 1 heterocycles. The van der Waals surface area contributed by atoms with E-state index in [9.17, 15) is 0 Å². The van der Waals surface area contributed by atoms with Crippen LogP contribution in [0.15, 0.2) is 42.5 Å². The molecular formula is C21H29NOSi. The predicted octanol–water partition coefficient (Wildman–Crippen LogP) is 4.85. The van der Waals surface area contributed by atoms with Gasteiger partial charge in [0.2, 0.25) is 0 Å². The van der Waals surface area contributed by atoms with E-state index >= 15 is 0 Å². The van der Waals surface area contributed by atoms with E-state index in [-0.39, 0.29) is 0 Å². The topological polar surface area (TPSA) is 12.5 Å². The summed E-state index contributed by atoms with van der Waals surface area (Å²) in [4.78, 5) is 2.76. The number of fused-ring (bicyclic) bond motifs is 5. The lowest BCUT2D eigenvalue weighted by Gasteiger charge is -2.35. The SMILES string of the molecule is COc1ccc2c(c1)C1C3C=CC=CC3C(C)C1N2C[Si](C)(C)C. The van der Waals surface area contributed by atoms with E-state index in [1.54, 1.807) is 7.11 Å². The van der Waals surface area contributed by atoms with Gasteiger partial charge in [-0.05, 0) is 41.5 Å². The molecule has 1 saturated carbocycles. The first-order chi connectivity index (χ1) is 11.4. The molecule has 0 spiro atoms. The number of methoxy groups -OCH3 is 1. The smallest absolute Gasteiger partial charge is 0.119 e. The molecule has 1 aromatic carbocycles. The van der Waals surface area contributed by atoms with Crippen molar-refractivity contribution in [3.63, 3.8) is 0 Å². The van der Waals surface area contributed by atoms with Crippen LogP contribution in [0.25, 0.3) is 0 Å². The highest BCUT2D eigenvalue weighted by molar-refractivity contribution is 6.76. The van der Waals surface area contributed by atoms with Gasteiger partial charge in [-0.15, -0.1) is 0 Å². The zero-order chi connectivity index (χ0) is 17.1. The van der Waals surface area contributed by atoms with Crippen molar-refractivity contribution in [1.29, 1.82) is 0 Å². The van der Waals surface area contributed by atoms with Crippen molar-refractivity contribution in [1.82, 2.24) is 0 Å². The zero-order valence-corrected chi connectivity index (χ0v) is 16.5. The first-order valence-electron chi connectivity index (χ1n) is 9.20. The molecule has 0 bridgehead atoms. The van der Waals surface area contributed by atoms with Gasteiger partial charge in [-0.3, -0.25) is 0 Å². The number of rotatable bonds is 3. The van der Waals surface area contributed by atoms with Crippen molar-refractivity contribution in [2.75, 3.05) is 18.2 Å². The maximum Gasteiger partial charge on any atom is 0.119 e. The van der Waals surface area contributed by atoms with Crippen LogP contribution in [0.4, 0.5) is 5.69 Å². The summed E-state index contributed by atoms with van der Waals surface area (Å²) in [6.07, 6.45) is 10.6. The van der Waals surface area contributed by atoms with Crippen LogP contribution in [0.2, 0.25) is 19.6 Å². The van der Waals surface area contributed by atoms with E-state index in [0.29, 0.717) is 29.7 Å². The van der Waals surface area contributed by atoms with Crippen molar-refractivity contribution in [3.8, 4) is 5.75 Å². The minimum absolute atomic E-state index is 0.604. The van der Waals surface area contributed by atoms with E-state index in [2.05, 4.69) is 74.0 Å². The highest BCUT2D eigenvalue weighted by Crippen LogP contribution is 2.58. The second-order valence-electron chi connectivity index (χ2n) is 8.91. The van der Waals surface area contributed by atoms with E-state index < -0.39 is 8.07 Å². The number of ether oxygens (including phenoxy) is 1. The number of anilines is 1. The Bertz CT molecular complexity index is 702. The molecule has 0 N–H and O–H groups in total. The van der Waals surface area contributed by atoms with Gasteiger partial charge in [-0.1, -0.05) is 50.9 Å². The third-order valence-corrected chi connectivity index (χ3v) is 7.35. The van der Waals surface area contributed by atoms with Crippen LogP contribution in [0.5, 0.6) is 5.75 Å². The second kappa shape index (κ2) is 5.52. The van der Waals surface area contributed by atoms with Crippen molar-refractivity contribution in [2.24, 2.45) is 17.8 Å². The Kier molecular flexibility index (Phi) is 3.68. The monoisotopic (exact) mass is 339 g/mol. The molecule has 4 rings (SSSR count). The summed E-state index contributed by atoms with van der Waals surface area (Å²) in [5.74, 6) is 3.60. The Labute approximate surface area is 147 Å². The maximum absolute atomic E-state index is 5.55. The van der Waals surface area contributed by atoms with Crippen LogP contribution in [-0.2, 0) is 0 Å². The van der Waals surface area contributed by atoms with E-state index in [1.807, 2.05) is 0 Å². The quantitative estimate of drug-likeness (QED) is 0.730. The van der Waals surface area contributed by atoms with Crippen LogP contribution < -0.4 is 9.64 Å². The second-order valence-corrected chi connectivity index (χ2v) is 14.4. The summed E-state index contributed by atoms with van der Waals surface area (Å²) >= 11 is 0. The summed E-state index contributed by atoms with van der Waals surface area (Å²) in [6.45, 7) is 9.91. The molecule has 3 heteroatoms. The molecule has 5 unspecified atom stereocenters. The first-order valence-corrected chi connectivity index (χ1v) is 12.9. The first kappa shape index (κ1) is 16.0. The molecular weight excluding hydrogens is 310 g/mol. The van der Waals surface area contributed by atoms with E-state index in [0.717, 1.165) is 5.75 Å². The molecule has 1 fully saturated rings. The Morgan fingerprint density at radius 3 is 2.46 bits per heavy atom. The molecule has 0 saturated heterocycles. The van der Waals surface area contributed by atoms with Crippen LogP contribution in [0.3, 0.4) is 0 Å². The number of nitrogens with zero attached hydrogens (tertiary/aromatic N) is 1. The molecule has 0 amide bonds. The van der Waals surface area contributed by atoms with Gasteiger partial charge in [0.05, 0.1) is 15.2 Å². The van der Waals surface area contributed by atoms with Crippen molar-refractivity contribution >= 4 is 13.8 Å². The fraction of sp³-hybridized carbons (Fsp3) is 0.524. The normalized spacial score (nSPS) is 33.4. The van der Waals surface area contributed by atoms with Gasteiger partial charge in [0.15, 0.2) is 0 Å². The number of hydrogen-bond donors (Lipinski definition) is 0. The molecule has 1 aromatic rings. The zero-order valence-electron chi connectivity index (χ0n) is 15.5. The Hall–Kier alpha value is -1.48. The van der Waals surface area contributed by atoms with Crippen LogP contribution in [-0.4, -0.2) is 27.4 Å². The van der Waals surface area contributed by atoms with Gasteiger partial charge in [-0.2, -0.15) is 0 Å². The summed E-state index contributed by atoms with van der Waals surface area (Å²) in [5, 5.41) is 0. The lowest BCUT2D eigenvalue weighted by atomic mass is 9.82. The molecule has 1 aliphatic heterocycles. The van der Waals surface area contributed by atoms with E-state index in [1.165, 1.54) is 17.4 Å². The van der Waals surface area contributed by atoms with Gasteiger partial charge < -0.3 is 9.64 Å². The molecule has 2 aliphatic carbocycles. The minimum Gasteiger partial charge on any atom is -0.497 e. The van der Waals surface area contributed by atoms with Gasteiger partial charge in [0, 0.05) is 23.8 Å². The summed E-state index contributed by atoms with van der Waals surface area (Å²) < 4.78 is 5.55. The molecule has 0 radical (unpaired) electrons. The third-order valence-electron chi connectivity index (χ3n) is 6.06. The number of allylic oxidation sites excluding steroid dienone is 4. The predicted molar refractivity (Wildman–Crippen MR) is 105 cm³/mol. The minimum atomic E-state index is -1.19. The van der Waals surface area contributed by atoms with Gasteiger partial charge >= 0.3 is 0 Å². The lowest BCUT2D eigenvalue weighted by Crippen LogP contribution is -2.46. The largest absolute Gasteiger partial charge is 0.497 e. The van der Waals surface area contributed by atoms with Crippen molar-refractivity contribution in [2.45, 2.75) is 38.5 Å². The standard InChI is InChI=1S/C21H29NOSi/c1-14-16-8-6-7-9-17(16)20-18-12-15(23-2)10-11-19(18)22(21(14)20)13-24(3,4)5/h6-12,14,16-17,20-21H,13H2,1-5H3. The molecule has 2 nitrogen and oxygen atoms in total. The molecule has 0 aromatic heterocycles. The average Bonchev–Trinajstić information content (AvgIpc) is 3.01. The van der Waals surface area contributed by atoms with Crippen LogP contribution >= 0.6 is 0 Å².